The van der Waals surface area contributed by atoms with Gasteiger partial charge in [0.15, 0.2) is 0 Å². The zero-order valence-electron chi connectivity index (χ0n) is 18.9. The number of aromatic nitrogens is 1. The van der Waals surface area contributed by atoms with Gasteiger partial charge in [0, 0.05) is 0 Å². The van der Waals surface area contributed by atoms with Gasteiger partial charge in [0.2, 0.25) is 0 Å². The van der Waals surface area contributed by atoms with E-state index >= 15 is 0 Å². The summed E-state index contributed by atoms with van der Waals surface area (Å²) in [7, 11) is 0. The molecule has 6 rings (SSSR count). The molecule has 0 radical (unpaired) electrons. The van der Waals surface area contributed by atoms with E-state index in [1.807, 2.05) is 6.20 Å². The Bertz CT molecular complexity index is 1530. The Labute approximate surface area is 191 Å². The van der Waals surface area contributed by atoms with Gasteiger partial charge in [0.05, 0.1) is 0 Å². The Kier molecular flexibility index (Phi) is 4.25. The van der Waals surface area contributed by atoms with E-state index < -0.39 is 13.3 Å². The van der Waals surface area contributed by atoms with Crippen LogP contribution in [0.4, 0.5) is 0 Å². The van der Waals surface area contributed by atoms with Gasteiger partial charge in [-0.2, -0.15) is 0 Å². The molecule has 0 atom stereocenters. The van der Waals surface area contributed by atoms with Gasteiger partial charge in [-0.15, -0.1) is 0 Å². The third-order valence-electron chi connectivity index (χ3n) is 6.63. The predicted octanol–water partition coefficient (Wildman–Crippen LogP) is 7.68. The average molecular weight is 476 g/mol. The summed E-state index contributed by atoms with van der Waals surface area (Å²) in [6.45, 7) is 2.15. The molecule has 3 heteroatoms. The van der Waals surface area contributed by atoms with Gasteiger partial charge >= 0.3 is 173 Å². The minimum absolute atomic E-state index is 0.893. The fourth-order valence-electron chi connectivity index (χ4n) is 4.82. The van der Waals surface area contributed by atoms with Crippen molar-refractivity contribution in [1.82, 2.24) is 4.98 Å². The van der Waals surface area contributed by atoms with Gasteiger partial charge in [-0.1, -0.05) is 18.2 Å². The summed E-state index contributed by atoms with van der Waals surface area (Å²) in [6.07, 6.45) is 1.92. The van der Waals surface area contributed by atoms with E-state index in [1.165, 1.54) is 26.3 Å². The summed E-state index contributed by atoms with van der Waals surface area (Å²) in [4.78, 5) is 4.79. The number of aryl methyl sites for hydroxylation is 1. The van der Waals surface area contributed by atoms with E-state index in [1.54, 1.807) is 0 Å². The van der Waals surface area contributed by atoms with Gasteiger partial charge in [0.1, 0.15) is 0 Å². The predicted molar refractivity (Wildman–Crippen MR) is 138 cm³/mol. The van der Waals surface area contributed by atoms with Crippen molar-refractivity contribution in [3.05, 3.63) is 84.6 Å². The number of benzene rings is 4. The Morgan fingerprint density at radius 3 is 2.34 bits per heavy atom. The molecule has 0 N–H and O–H groups in total. The Balaban J connectivity index is 1.56. The topological polar surface area (TPSA) is 22.1 Å². The molecule has 0 spiro atoms. The molecule has 2 nitrogen and oxygen atoms in total. The number of rotatable bonds is 2. The monoisotopic (exact) mass is 477 g/mol. The van der Waals surface area contributed by atoms with Crippen LogP contribution in [-0.2, 0) is 0 Å². The molecule has 0 saturated carbocycles. The van der Waals surface area contributed by atoms with Gasteiger partial charge in [0.25, 0.3) is 0 Å². The van der Waals surface area contributed by atoms with Crippen LogP contribution >= 0.6 is 0 Å². The summed E-state index contributed by atoms with van der Waals surface area (Å²) in [5.41, 5.74) is 5.65. The van der Waals surface area contributed by atoms with Gasteiger partial charge in [-0.25, -0.2) is 0 Å². The van der Waals surface area contributed by atoms with E-state index in [-0.39, 0.29) is 0 Å². The van der Waals surface area contributed by atoms with Crippen molar-refractivity contribution in [2.24, 2.45) is 0 Å². The van der Waals surface area contributed by atoms with Crippen LogP contribution in [0.3, 0.4) is 0 Å². The Hall–Kier alpha value is -3.11. The third-order valence-corrected chi connectivity index (χ3v) is 11.0. The molecule has 32 heavy (non-hydrogen) atoms. The van der Waals surface area contributed by atoms with Crippen molar-refractivity contribution in [2.75, 3.05) is 0 Å². The maximum atomic E-state index is 6.60. The number of hydrogen-bond acceptors (Lipinski definition) is 2. The van der Waals surface area contributed by atoms with Crippen LogP contribution < -0.4 is 9.13 Å². The standard InChI is InChI=1S/C29H25GeNO/c1-18-24-8-6-5-7-20(24)16-25-28-27-21(13-14-31-28)15-22(17-26(27)32-29(18)25)19-9-11-23(12-10-19)30(2,3)4/h5-17H,1-4H3. The van der Waals surface area contributed by atoms with Gasteiger partial charge in [-0.3, -0.25) is 0 Å². The molecule has 0 fully saturated rings. The van der Waals surface area contributed by atoms with Crippen molar-refractivity contribution < 1.29 is 4.74 Å². The normalized spacial score (nSPS) is 12.6. The van der Waals surface area contributed by atoms with E-state index in [0.29, 0.717) is 0 Å². The Morgan fingerprint density at radius 2 is 1.56 bits per heavy atom. The molecule has 1 aromatic heterocycles. The van der Waals surface area contributed by atoms with Crippen LogP contribution in [0.2, 0.25) is 17.3 Å². The zero-order valence-corrected chi connectivity index (χ0v) is 21.0. The zero-order chi connectivity index (χ0) is 22.0. The summed E-state index contributed by atoms with van der Waals surface area (Å²) in [5, 5.41) is 4.70. The Morgan fingerprint density at radius 1 is 0.781 bits per heavy atom. The number of nitrogens with zero attached hydrogens (tertiary/aromatic N) is 1. The van der Waals surface area contributed by atoms with Gasteiger partial charge < -0.3 is 0 Å². The van der Waals surface area contributed by atoms with Crippen LogP contribution in [0.25, 0.3) is 43.9 Å². The second-order valence-corrected chi connectivity index (χ2v) is 20.4. The van der Waals surface area contributed by atoms with Crippen LogP contribution in [0.5, 0.6) is 11.5 Å². The van der Waals surface area contributed by atoms with E-state index in [4.69, 9.17) is 9.72 Å². The molecule has 0 aliphatic carbocycles. The molecular formula is C29H25GeNO. The molecule has 0 bridgehead atoms. The molecule has 5 aromatic rings. The fraction of sp³-hybridized carbons (Fsp3) is 0.138. The van der Waals surface area contributed by atoms with Crippen LogP contribution in [0.15, 0.2) is 79.0 Å². The third kappa shape index (κ3) is 2.97. The fourth-order valence-corrected chi connectivity index (χ4v) is 7.27. The molecule has 0 unspecified atom stereocenters. The van der Waals surface area contributed by atoms with Gasteiger partial charge in [-0.05, 0) is 0 Å². The van der Waals surface area contributed by atoms with Crippen LogP contribution in [-0.4, -0.2) is 18.3 Å². The second-order valence-electron chi connectivity index (χ2n) is 9.76. The molecule has 1 aliphatic rings. The molecule has 1 aliphatic heterocycles. The van der Waals surface area contributed by atoms with Crippen molar-refractivity contribution in [2.45, 2.75) is 24.2 Å². The molecule has 156 valence electrons. The summed E-state index contributed by atoms with van der Waals surface area (Å²) >= 11 is -1.83. The first-order valence-corrected chi connectivity index (χ1v) is 18.5. The minimum atomic E-state index is -1.83. The van der Waals surface area contributed by atoms with Crippen LogP contribution in [0.1, 0.15) is 5.56 Å². The van der Waals surface area contributed by atoms with Crippen molar-refractivity contribution >= 4 is 39.2 Å². The number of fused-ring (bicyclic) bond motifs is 3. The summed E-state index contributed by atoms with van der Waals surface area (Å²) < 4.78 is 8.12. The molecule has 2 heterocycles. The van der Waals surface area contributed by atoms with E-state index in [9.17, 15) is 0 Å². The molecule has 0 amide bonds. The SMILES string of the molecule is Cc1c2c(cc3ccccc13)-c1nccc3cc(-c4cc[c]([Ge]([CH3])([CH3])[CH3])cc4)cc(c13)O2. The first-order valence-electron chi connectivity index (χ1n) is 11.1. The first kappa shape index (κ1) is 19.6. The summed E-state index contributed by atoms with van der Waals surface area (Å²) in [5.74, 6) is 9.11. The second kappa shape index (κ2) is 6.95. The first-order chi connectivity index (χ1) is 15.4. The number of pyridine rings is 1. The van der Waals surface area contributed by atoms with Crippen molar-refractivity contribution in [1.29, 1.82) is 0 Å². The number of hydrogen-bond donors (Lipinski definition) is 0. The maximum absolute atomic E-state index is 6.60. The molecule has 0 saturated heterocycles. The quantitative estimate of drug-likeness (QED) is 0.239. The molecular weight excluding hydrogens is 451 g/mol. The van der Waals surface area contributed by atoms with E-state index in [2.05, 4.69) is 97.0 Å². The van der Waals surface area contributed by atoms with E-state index in [0.717, 1.165) is 39.1 Å². The number of ether oxygens (including phenoxy) is 1. The van der Waals surface area contributed by atoms with Crippen molar-refractivity contribution in [3.63, 3.8) is 0 Å². The average Bonchev–Trinajstić information content (AvgIpc) is 2.79. The molecule has 4 aromatic carbocycles. The van der Waals surface area contributed by atoms with Crippen molar-refractivity contribution in [3.8, 4) is 33.9 Å². The van der Waals surface area contributed by atoms with Crippen LogP contribution in [0, 0.1) is 6.92 Å². The summed E-state index contributed by atoms with van der Waals surface area (Å²) in [6, 6.07) is 26.4.